The Morgan fingerprint density at radius 3 is 2.35 bits per heavy atom. The van der Waals surface area contributed by atoms with Gasteiger partial charge in [-0.1, -0.05) is 35.2 Å². The van der Waals surface area contributed by atoms with E-state index in [1.54, 1.807) is 48.5 Å². The van der Waals surface area contributed by atoms with Crippen LogP contribution in [0.2, 0.25) is 0 Å². The zero-order valence-electron chi connectivity index (χ0n) is 17.0. The lowest BCUT2D eigenvalue weighted by molar-refractivity contribution is 0.0600. The summed E-state index contributed by atoms with van der Waals surface area (Å²) in [5.41, 5.74) is 2.32. The average molecular weight is 432 g/mol. The van der Waals surface area contributed by atoms with Crippen LogP contribution >= 0.6 is 7.37 Å². The lowest BCUT2D eigenvalue weighted by Crippen LogP contribution is -2.20. The van der Waals surface area contributed by atoms with Crippen molar-refractivity contribution < 1.29 is 28.8 Å². The zero-order valence-corrected chi connectivity index (χ0v) is 17.9. The van der Waals surface area contributed by atoms with Crippen LogP contribution in [0.25, 0.3) is 11.1 Å². The van der Waals surface area contributed by atoms with Crippen LogP contribution in [-0.2, 0) is 15.5 Å². The molecule has 0 spiro atoms. The Morgan fingerprint density at radius 1 is 1.06 bits per heavy atom. The number of carbonyl (C=O) groups is 1. The van der Waals surface area contributed by atoms with E-state index in [9.17, 15) is 19.4 Å². The molecular formula is C22H19B2O6P. The van der Waals surface area contributed by atoms with Gasteiger partial charge < -0.3 is 19.5 Å². The molecule has 0 aliphatic heterocycles. The van der Waals surface area contributed by atoms with Gasteiger partial charge in [0.2, 0.25) is 7.37 Å². The van der Waals surface area contributed by atoms with E-state index in [2.05, 4.69) is 0 Å². The van der Waals surface area contributed by atoms with Crippen molar-refractivity contribution >= 4 is 40.0 Å². The van der Waals surface area contributed by atoms with Crippen LogP contribution < -0.4 is 15.7 Å². The molecule has 9 heteroatoms. The quantitative estimate of drug-likeness (QED) is 0.354. The summed E-state index contributed by atoms with van der Waals surface area (Å²) >= 11 is 0. The maximum absolute atomic E-state index is 11.8. The van der Waals surface area contributed by atoms with Crippen molar-refractivity contribution in [2.24, 2.45) is 0 Å². The molecule has 0 aromatic heterocycles. The number of rotatable bonds is 6. The summed E-state index contributed by atoms with van der Waals surface area (Å²) in [4.78, 5) is 21.4. The van der Waals surface area contributed by atoms with Gasteiger partial charge in [0.05, 0.1) is 12.7 Å². The van der Waals surface area contributed by atoms with E-state index in [0.29, 0.717) is 28.0 Å². The SMILES string of the molecule is [B]c1cc(CP(C)(=O)O)cc([B])c1Oc1ccc(O)c(-c2cccc(C(=O)OC)c2)c1. The molecule has 2 N–H and O–H groups in total. The number of esters is 1. The van der Waals surface area contributed by atoms with Gasteiger partial charge in [-0.25, -0.2) is 4.79 Å². The monoisotopic (exact) mass is 432 g/mol. The first-order valence-electron chi connectivity index (χ1n) is 9.24. The summed E-state index contributed by atoms with van der Waals surface area (Å²) in [6, 6.07) is 14.3. The minimum absolute atomic E-state index is 0.00713. The van der Waals surface area contributed by atoms with Crippen molar-refractivity contribution in [1.82, 2.24) is 0 Å². The Labute approximate surface area is 183 Å². The van der Waals surface area contributed by atoms with E-state index >= 15 is 0 Å². The molecule has 3 aromatic carbocycles. The molecular weight excluding hydrogens is 413 g/mol. The predicted octanol–water partition coefficient (Wildman–Crippen LogP) is 2.63. The summed E-state index contributed by atoms with van der Waals surface area (Å²) < 4.78 is 22.3. The molecule has 0 heterocycles. The topological polar surface area (TPSA) is 93.1 Å². The number of hydrogen-bond acceptors (Lipinski definition) is 5. The Morgan fingerprint density at radius 2 is 1.74 bits per heavy atom. The summed E-state index contributed by atoms with van der Waals surface area (Å²) in [5.74, 6) is 0.0551. The number of phenols is 1. The smallest absolute Gasteiger partial charge is 0.337 e. The van der Waals surface area contributed by atoms with Crippen molar-refractivity contribution in [3.63, 3.8) is 0 Å². The first-order valence-corrected chi connectivity index (χ1v) is 11.5. The molecule has 0 fully saturated rings. The van der Waals surface area contributed by atoms with Crippen LogP contribution in [-0.4, -0.2) is 45.4 Å². The standard InChI is InChI=1S/C22H19B2O6P/c1-29-22(26)15-5-3-4-14(10-15)17-11-16(6-7-20(17)25)30-21-18(23)8-13(9-19(21)24)12-31(2,27)28/h3-11,25H,12H2,1-2H3,(H,27,28). The van der Waals surface area contributed by atoms with Crippen LogP contribution in [0.3, 0.4) is 0 Å². The Kier molecular flexibility index (Phi) is 6.63. The van der Waals surface area contributed by atoms with E-state index in [4.69, 9.17) is 25.2 Å². The lowest BCUT2D eigenvalue weighted by atomic mass is 9.84. The molecule has 6 nitrogen and oxygen atoms in total. The highest BCUT2D eigenvalue weighted by Gasteiger charge is 2.15. The minimum Gasteiger partial charge on any atom is -0.507 e. The van der Waals surface area contributed by atoms with Gasteiger partial charge in [-0.05, 0) is 41.5 Å². The molecule has 0 aliphatic rings. The van der Waals surface area contributed by atoms with Gasteiger partial charge in [0.25, 0.3) is 0 Å². The van der Waals surface area contributed by atoms with E-state index in [0.717, 1.165) is 0 Å². The highest BCUT2D eigenvalue weighted by Crippen LogP contribution is 2.39. The molecule has 0 saturated carbocycles. The predicted molar refractivity (Wildman–Crippen MR) is 122 cm³/mol. The fraction of sp³-hybridized carbons (Fsp3) is 0.136. The number of hydrogen-bond donors (Lipinski definition) is 2. The van der Waals surface area contributed by atoms with Crippen molar-refractivity contribution in [2.75, 3.05) is 13.8 Å². The van der Waals surface area contributed by atoms with E-state index in [-0.39, 0.29) is 28.6 Å². The van der Waals surface area contributed by atoms with Gasteiger partial charge in [-0.15, -0.1) is 0 Å². The Bertz CT molecular complexity index is 1170. The highest BCUT2D eigenvalue weighted by atomic mass is 31.2. The molecule has 0 amide bonds. The average Bonchev–Trinajstić information content (AvgIpc) is 2.70. The largest absolute Gasteiger partial charge is 0.507 e. The summed E-state index contributed by atoms with van der Waals surface area (Å²) in [6.07, 6.45) is -0.0540. The van der Waals surface area contributed by atoms with Crippen LogP contribution in [0.4, 0.5) is 0 Å². The van der Waals surface area contributed by atoms with Gasteiger partial charge in [0.15, 0.2) is 0 Å². The van der Waals surface area contributed by atoms with E-state index < -0.39 is 13.3 Å². The third-order valence-electron chi connectivity index (χ3n) is 4.46. The summed E-state index contributed by atoms with van der Waals surface area (Å²) in [6.45, 7) is 1.26. The molecule has 1 unspecified atom stereocenters. The third-order valence-corrected chi connectivity index (χ3v) is 5.42. The van der Waals surface area contributed by atoms with Crippen LogP contribution in [0.15, 0.2) is 54.6 Å². The molecule has 0 bridgehead atoms. The molecule has 31 heavy (non-hydrogen) atoms. The fourth-order valence-corrected chi connectivity index (χ4v) is 4.01. The Hall–Kier alpha value is -2.95. The van der Waals surface area contributed by atoms with Gasteiger partial charge in [-0.3, -0.25) is 4.57 Å². The van der Waals surface area contributed by atoms with Crippen LogP contribution in [0, 0.1) is 0 Å². The second-order valence-corrected chi connectivity index (χ2v) is 9.58. The van der Waals surface area contributed by atoms with Gasteiger partial charge >= 0.3 is 5.97 Å². The van der Waals surface area contributed by atoms with Crippen molar-refractivity contribution in [2.45, 2.75) is 6.16 Å². The van der Waals surface area contributed by atoms with Crippen LogP contribution in [0.5, 0.6) is 17.2 Å². The number of ether oxygens (including phenoxy) is 2. The number of methoxy groups -OCH3 is 1. The van der Waals surface area contributed by atoms with Crippen molar-refractivity contribution in [3.05, 3.63) is 65.7 Å². The Balaban J connectivity index is 1.95. The fourth-order valence-electron chi connectivity index (χ4n) is 3.15. The van der Waals surface area contributed by atoms with E-state index in [1.807, 2.05) is 0 Å². The van der Waals surface area contributed by atoms with Crippen molar-refractivity contribution in [3.8, 4) is 28.4 Å². The highest BCUT2D eigenvalue weighted by molar-refractivity contribution is 7.56. The molecule has 4 radical (unpaired) electrons. The minimum atomic E-state index is -3.28. The van der Waals surface area contributed by atoms with Crippen LogP contribution in [0.1, 0.15) is 15.9 Å². The van der Waals surface area contributed by atoms with Gasteiger partial charge in [0, 0.05) is 18.4 Å². The second kappa shape index (κ2) is 9.04. The lowest BCUT2D eigenvalue weighted by Gasteiger charge is -2.16. The molecule has 3 aromatic rings. The number of benzene rings is 3. The normalized spacial score (nSPS) is 12.7. The molecule has 3 rings (SSSR count). The second-order valence-electron chi connectivity index (χ2n) is 7.17. The molecule has 1 atom stereocenters. The molecule has 0 aliphatic carbocycles. The number of carbonyl (C=O) groups excluding carboxylic acids is 1. The molecule has 154 valence electrons. The number of aromatic hydroxyl groups is 1. The zero-order chi connectivity index (χ0) is 22.8. The number of phenolic OH excluding ortho intramolecular Hbond substituents is 1. The maximum atomic E-state index is 11.8. The van der Waals surface area contributed by atoms with E-state index in [1.165, 1.54) is 19.8 Å². The first-order chi connectivity index (χ1) is 14.6. The third kappa shape index (κ3) is 5.60. The first kappa shape index (κ1) is 22.7. The summed E-state index contributed by atoms with van der Waals surface area (Å²) in [5, 5.41) is 10.3. The van der Waals surface area contributed by atoms with Crippen molar-refractivity contribution in [1.29, 1.82) is 0 Å². The summed E-state index contributed by atoms with van der Waals surface area (Å²) in [7, 11) is 10.1. The maximum Gasteiger partial charge on any atom is 0.337 e. The van der Waals surface area contributed by atoms with Gasteiger partial charge in [0.1, 0.15) is 32.9 Å². The molecule has 0 saturated heterocycles. The van der Waals surface area contributed by atoms with Gasteiger partial charge in [-0.2, -0.15) is 0 Å².